The maximum atomic E-state index is 11.4. The molecule has 0 aliphatic rings. The van der Waals surface area contributed by atoms with Crippen molar-refractivity contribution in [2.24, 2.45) is 5.92 Å². The molecule has 0 atom stereocenters. The second kappa shape index (κ2) is 5.89. The van der Waals surface area contributed by atoms with Gasteiger partial charge in [0.15, 0.2) is 5.82 Å². The Bertz CT molecular complexity index is 460. The van der Waals surface area contributed by atoms with Crippen molar-refractivity contribution in [3.8, 4) is 6.07 Å². The van der Waals surface area contributed by atoms with E-state index in [1.54, 1.807) is 0 Å². The van der Waals surface area contributed by atoms with Gasteiger partial charge in [0.2, 0.25) is 0 Å². The number of nitrogen functional groups attached to an aromatic ring is 1. The Kier molecular flexibility index (Phi) is 4.52. The first-order valence-electron chi connectivity index (χ1n) is 5.51. The fraction of sp³-hybridized carbons (Fsp3) is 0.545. The summed E-state index contributed by atoms with van der Waals surface area (Å²) in [6, 6.07) is 2.08. The van der Waals surface area contributed by atoms with E-state index >= 15 is 0 Å². The summed E-state index contributed by atoms with van der Waals surface area (Å²) >= 11 is 0. The summed E-state index contributed by atoms with van der Waals surface area (Å²) in [6.45, 7) is 5.35. The Morgan fingerprint density at radius 1 is 1.65 bits per heavy atom. The van der Waals surface area contributed by atoms with E-state index in [1.165, 1.54) is 6.33 Å². The van der Waals surface area contributed by atoms with Crippen molar-refractivity contribution < 1.29 is 0 Å². The van der Waals surface area contributed by atoms with E-state index < -0.39 is 0 Å². The molecule has 1 rings (SSSR count). The van der Waals surface area contributed by atoms with E-state index in [0.717, 1.165) is 0 Å². The van der Waals surface area contributed by atoms with Crippen LogP contribution in [0, 0.1) is 17.2 Å². The van der Waals surface area contributed by atoms with Gasteiger partial charge in [0, 0.05) is 13.1 Å². The number of aromatic nitrogens is 2. The Balaban J connectivity index is 3.00. The zero-order valence-corrected chi connectivity index (χ0v) is 10.1. The molecule has 0 saturated carbocycles. The van der Waals surface area contributed by atoms with E-state index in [2.05, 4.69) is 29.9 Å². The zero-order valence-electron chi connectivity index (χ0n) is 10.1. The van der Waals surface area contributed by atoms with Crippen molar-refractivity contribution in [2.45, 2.75) is 20.3 Å². The molecule has 0 unspecified atom stereocenters. The number of nitrogens with one attached hydrogen (secondary N) is 1. The van der Waals surface area contributed by atoms with Crippen LogP contribution in [0.1, 0.15) is 20.3 Å². The zero-order chi connectivity index (χ0) is 12.8. The average Bonchev–Trinajstić information content (AvgIpc) is 2.28. The van der Waals surface area contributed by atoms with Crippen molar-refractivity contribution >= 4 is 11.5 Å². The highest BCUT2D eigenvalue weighted by Gasteiger charge is 2.14. The molecule has 0 aliphatic heterocycles. The molecular weight excluding hydrogens is 218 g/mol. The van der Waals surface area contributed by atoms with Gasteiger partial charge in [-0.3, -0.25) is 4.79 Å². The van der Waals surface area contributed by atoms with E-state index in [4.69, 9.17) is 11.0 Å². The number of rotatable bonds is 5. The summed E-state index contributed by atoms with van der Waals surface area (Å²) in [5, 5.41) is 8.62. The van der Waals surface area contributed by atoms with Gasteiger partial charge in [0.1, 0.15) is 5.69 Å². The van der Waals surface area contributed by atoms with E-state index in [9.17, 15) is 4.79 Å². The number of nitriles is 1. The monoisotopic (exact) mass is 235 g/mol. The number of hydrogen-bond acceptors (Lipinski definition) is 5. The van der Waals surface area contributed by atoms with Gasteiger partial charge in [-0.1, -0.05) is 13.8 Å². The van der Waals surface area contributed by atoms with Gasteiger partial charge in [0.25, 0.3) is 5.56 Å². The maximum Gasteiger partial charge on any atom is 0.276 e. The van der Waals surface area contributed by atoms with Crippen LogP contribution in [-0.2, 0) is 0 Å². The molecule has 0 spiro atoms. The number of hydrogen-bond donors (Lipinski definition) is 2. The van der Waals surface area contributed by atoms with Gasteiger partial charge < -0.3 is 15.6 Å². The highest BCUT2D eigenvalue weighted by Crippen LogP contribution is 2.16. The molecule has 3 N–H and O–H groups in total. The lowest BCUT2D eigenvalue weighted by Gasteiger charge is -2.25. The molecule has 0 fully saturated rings. The van der Waals surface area contributed by atoms with E-state index in [1.807, 2.05) is 4.90 Å². The van der Waals surface area contributed by atoms with Gasteiger partial charge in [-0.15, -0.1) is 0 Å². The first-order valence-corrected chi connectivity index (χ1v) is 5.51. The molecule has 6 nitrogen and oxygen atoms in total. The minimum absolute atomic E-state index is 0.103. The van der Waals surface area contributed by atoms with Crippen LogP contribution in [0.4, 0.5) is 11.5 Å². The van der Waals surface area contributed by atoms with Crippen molar-refractivity contribution in [2.75, 3.05) is 23.7 Å². The predicted molar refractivity (Wildman–Crippen MR) is 66.6 cm³/mol. The molecule has 17 heavy (non-hydrogen) atoms. The Morgan fingerprint density at radius 3 is 2.94 bits per heavy atom. The largest absolute Gasteiger partial charge is 0.391 e. The van der Waals surface area contributed by atoms with Crippen LogP contribution >= 0.6 is 0 Å². The number of anilines is 2. The maximum absolute atomic E-state index is 11.4. The second-order valence-electron chi connectivity index (χ2n) is 4.22. The molecule has 1 aromatic heterocycles. The minimum atomic E-state index is -0.347. The third-order valence-electron chi connectivity index (χ3n) is 2.25. The first-order chi connectivity index (χ1) is 8.06. The van der Waals surface area contributed by atoms with Crippen LogP contribution < -0.4 is 16.2 Å². The van der Waals surface area contributed by atoms with Gasteiger partial charge in [-0.2, -0.15) is 5.26 Å². The predicted octanol–water partition coefficient (Wildman–Crippen LogP) is 0.728. The summed E-state index contributed by atoms with van der Waals surface area (Å²) in [6.07, 6.45) is 1.70. The fourth-order valence-corrected chi connectivity index (χ4v) is 1.56. The van der Waals surface area contributed by atoms with Gasteiger partial charge in [-0.05, 0) is 5.92 Å². The Hall–Kier alpha value is -2.03. The Morgan fingerprint density at radius 2 is 2.35 bits per heavy atom. The van der Waals surface area contributed by atoms with E-state index in [-0.39, 0.29) is 11.2 Å². The van der Waals surface area contributed by atoms with Crippen molar-refractivity contribution in [1.82, 2.24) is 9.97 Å². The van der Waals surface area contributed by atoms with Gasteiger partial charge in [-0.25, -0.2) is 4.98 Å². The quantitative estimate of drug-likeness (QED) is 0.783. The topological polar surface area (TPSA) is 98.8 Å². The average molecular weight is 235 g/mol. The van der Waals surface area contributed by atoms with Crippen LogP contribution in [-0.4, -0.2) is 23.1 Å². The van der Waals surface area contributed by atoms with Crippen LogP contribution in [0.3, 0.4) is 0 Å². The summed E-state index contributed by atoms with van der Waals surface area (Å²) in [5.74, 6) is 0.854. The van der Waals surface area contributed by atoms with Crippen molar-refractivity contribution in [3.63, 3.8) is 0 Å². The number of nitrogens with two attached hydrogens (primary N) is 1. The van der Waals surface area contributed by atoms with Gasteiger partial charge in [0.05, 0.1) is 18.8 Å². The lowest BCUT2D eigenvalue weighted by Crippen LogP contribution is -2.32. The lowest BCUT2D eigenvalue weighted by atomic mass is 10.2. The summed E-state index contributed by atoms with van der Waals surface area (Å²) in [4.78, 5) is 19.8. The highest BCUT2D eigenvalue weighted by atomic mass is 16.1. The summed E-state index contributed by atoms with van der Waals surface area (Å²) < 4.78 is 0. The summed E-state index contributed by atoms with van der Waals surface area (Å²) in [7, 11) is 0. The number of nitrogens with zero attached hydrogens (tertiary/aromatic N) is 3. The molecule has 0 amide bonds. The second-order valence-corrected chi connectivity index (χ2v) is 4.22. The molecule has 1 aromatic rings. The number of H-pyrrole nitrogens is 1. The fourth-order valence-electron chi connectivity index (χ4n) is 1.56. The molecule has 0 radical (unpaired) electrons. The van der Waals surface area contributed by atoms with Crippen molar-refractivity contribution in [3.05, 3.63) is 16.7 Å². The van der Waals surface area contributed by atoms with Crippen LogP contribution in [0.15, 0.2) is 11.1 Å². The third-order valence-corrected chi connectivity index (χ3v) is 2.25. The standard InChI is InChI=1S/C11H17N5O/c1-8(2)6-16(5-3-4-12)10-9(13)11(17)15-7-14-10/h7-8H,3,5-6,13H2,1-2H3,(H,14,15,17). The molecule has 0 bridgehead atoms. The molecule has 0 aromatic carbocycles. The molecule has 1 heterocycles. The minimum Gasteiger partial charge on any atom is -0.391 e. The highest BCUT2D eigenvalue weighted by molar-refractivity contribution is 5.60. The number of aromatic amines is 1. The van der Waals surface area contributed by atoms with Gasteiger partial charge >= 0.3 is 0 Å². The molecule has 6 heteroatoms. The van der Waals surface area contributed by atoms with Crippen LogP contribution in [0.2, 0.25) is 0 Å². The smallest absolute Gasteiger partial charge is 0.276 e. The Labute approximate surface area is 100 Å². The molecular formula is C11H17N5O. The lowest BCUT2D eigenvalue weighted by molar-refractivity contribution is 0.607. The van der Waals surface area contributed by atoms with Crippen LogP contribution in [0.25, 0.3) is 0 Å². The molecule has 0 saturated heterocycles. The SMILES string of the molecule is CC(C)CN(CCC#N)c1nc[nH]c(=O)c1N. The van der Waals surface area contributed by atoms with Crippen LogP contribution in [0.5, 0.6) is 0 Å². The third kappa shape index (κ3) is 3.48. The van der Waals surface area contributed by atoms with E-state index in [0.29, 0.717) is 31.2 Å². The first kappa shape index (κ1) is 13.0. The van der Waals surface area contributed by atoms with Crippen molar-refractivity contribution in [1.29, 1.82) is 5.26 Å². The molecule has 0 aliphatic carbocycles. The normalized spacial score (nSPS) is 10.2. The summed E-state index contributed by atoms with van der Waals surface area (Å²) in [5.41, 5.74) is 5.46. The molecule has 92 valence electrons.